The van der Waals surface area contributed by atoms with Crippen LogP contribution in [0, 0.1) is 23.3 Å². The number of benzene rings is 1. The molecule has 0 aliphatic carbocycles. The summed E-state index contributed by atoms with van der Waals surface area (Å²) < 4.78 is 69.5. The van der Waals surface area contributed by atoms with Crippen molar-refractivity contribution in [3.8, 4) is 0 Å². The minimum absolute atomic E-state index is 0.130. The second-order valence-corrected chi connectivity index (χ2v) is 8.12. The van der Waals surface area contributed by atoms with Gasteiger partial charge >= 0.3 is 8.80 Å². The average Bonchev–Trinajstić information content (AvgIpc) is 2.57. The van der Waals surface area contributed by atoms with Gasteiger partial charge in [-0.3, -0.25) is 0 Å². The van der Waals surface area contributed by atoms with Gasteiger partial charge in [0.1, 0.15) is 0 Å². The molecule has 0 fully saturated rings. The summed E-state index contributed by atoms with van der Waals surface area (Å²) in [5.41, 5.74) is -0.156. The lowest BCUT2D eigenvalue weighted by Gasteiger charge is -2.27. The SMILES string of the molecule is CCO[Si](CCCCCc1cc(F)c(F)c(F)c1F)(OC)OCC. The Morgan fingerprint density at radius 1 is 0.875 bits per heavy atom. The Morgan fingerprint density at radius 2 is 1.50 bits per heavy atom. The largest absolute Gasteiger partial charge is 0.500 e. The first-order chi connectivity index (χ1) is 11.4. The van der Waals surface area contributed by atoms with Crippen molar-refractivity contribution in [2.24, 2.45) is 0 Å². The lowest BCUT2D eigenvalue weighted by atomic mass is 10.1. The van der Waals surface area contributed by atoms with E-state index in [0.29, 0.717) is 44.6 Å². The van der Waals surface area contributed by atoms with Crippen molar-refractivity contribution in [2.75, 3.05) is 20.3 Å². The quantitative estimate of drug-likeness (QED) is 0.188. The highest BCUT2D eigenvalue weighted by atomic mass is 28.4. The first-order valence-corrected chi connectivity index (χ1v) is 9.98. The first-order valence-electron chi connectivity index (χ1n) is 8.05. The molecule has 0 bridgehead atoms. The Balaban J connectivity index is 2.51. The van der Waals surface area contributed by atoms with Crippen LogP contribution in [0.25, 0.3) is 0 Å². The molecule has 0 heterocycles. The van der Waals surface area contributed by atoms with Gasteiger partial charge in [0.15, 0.2) is 23.3 Å². The number of hydrogen-bond donors (Lipinski definition) is 0. The van der Waals surface area contributed by atoms with Crippen LogP contribution < -0.4 is 0 Å². The topological polar surface area (TPSA) is 27.7 Å². The summed E-state index contributed by atoms with van der Waals surface area (Å²) in [7, 11) is -1.13. The van der Waals surface area contributed by atoms with Crippen molar-refractivity contribution in [3.63, 3.8) is 0 Å². The number of hydrogen-bond acceptors (Lipinski definition) is 3. The lowest BCUT2D eigenvalue weighted by molar-refractivity contribution is 0.0859. The highest BCUT2D eigenvalue weighted by Gasteiger charge is 2.38. The van der Waals surface area contributed by atoms with E-state index in [-0.39, 0.29) is 12.0 Å². The summed E-state index contributed by atoms with van der Waals surface area (Å²) in [6.07, 6.45) is 2.03. The van der Waals surface area contributed by atoms with E-state index in [2.05, 4.69) is 0 Å². The molecule has 0 atom stereocenters. The zero-order valence-electron chi connectivity index (χ0n) is 14.3. The van der Waals surface area contributed by atoms with E-state index in [9.17, 15) is 17.6 Å². The fourth-order valence-corrected chi connectivity index (χ4v) is 4.86. The standard InChI is InChI=1S/C16H24F4O3Si/c1-4-22-24(21-3,23-5-2)10-8-6-7-9-12-11-13(17)15(19)16(20)14(12)18/h11H,4-10H2,1-3H3. The van der Waals surface area contributed by atoms with Crippen molar-refractivity contribution >= 4 is 8.80 Å². The van der Waals surface area contributed by atoms with Crippen molar-refractivity contribution in [1.82, 2.24) is 0 Å². The summed E-state index contributed by atoms with van der Waals surface area (Å²) in [5, 5.41) is 0. The molecule has 24 heavy (non-hydrogen) atoms. The molecule has 3 nitrogen and oxygen atoms in total. The van der Waals surface area contributed by atoms with E-state index in [1.54, 1.807) is 7.11 Å². The summed E-state index contributed by atoms with van der Waals surface area (Å²) >= 11 is 0. The third kappa shape index (κ3) is 5.54. The number of aryl methyl sites for hydroxylation is 1. The van der Waals surface area contributed by atoms with Crippen molar-refractivity contribution in [1.29, 1.82) is 0 Å². The summed E-state index contributed by atoms with van der Waals surface area (Å²) in [6, 6.07) is 1.32. The second-order valence-electron chi connectivity index (χ2n) is 5.27. The van der Waals surface area contributed by atoms with Gasteiger partial charge in [-0.15, -0.1) is 0 Å². The minimum atomic E-state index is -2.68. The third-order valence-electron chi connectivity index (χ3n) is 3.65. The highest BCUT2D eigenvalue weighted by Crippen LogP contribution is 2.22. The van der Waals surface area contributed by atoms with Gasteiger partial charge in [-0.1, -0.05) is 6.42 Å². The molecule has 1 aromatic carbocycles. The molecule has 0 unspecified atom stereocenters. The predicted octanol–water partition coefficient (Wildman–Crippen LogP) is 4.61. The fourth-order valence-electron chi connectivity index (χ4n) is 2.48. The van der Waals surface area contributed by atoms with Gasteiger partial charge < -0.3 is 13.3 Å². The van der Waals surface area contributed by atoms with E-state index in [0.717, 1.165) is 0 Å². The van der Waals surface area contributed by atoms with Gasteiger partial charge in [-0.25, -0.2) is 17.6 Å². The molecule has 0 aromatic heterocycles. The van der Waals surface area contributed by atoms with E-state index in [1.165, 1.54) is 0 Å². The zero-order chi connectivity index (χ0) is 18.2. The Labute approximate surface area is 141 Å². The second kappa shape index (κ2) is 10.1. The van der Waals surface area contributed by atoms with E-state index in [1.807, 2.05) is 13.8 Å². The van der Waals surface area contributed by atoms with Crippen LogP contribution >= 0.6 is 0 Å². The molecule has 1 aromatic rings. The normalized spacial score (nSPS) is 12.0. The highest BCUT2D eigenvalue weighted by molar-refractivity contribution is 6.60. The number of halogens is 4. The van der Waals surface area contributed by atoms with Gasteiger partial charge in [-0.2, -0.15) is 0 Å². The zero-order valence-corrected chi connectivity index (χ0v) is 15.3. The maximum Gasteiger partial charge on any atom is 0.500 e. The predicted molar refractivity (Wildman–Crippen MR) is 84.7 cm³/mol. The summed E-state index contributed by atoms with van der Waals surface area (Å²) in [5.74, 6) is -6.23. The van der Waals surface area contributed by atoms with Crippen LogP contribution in [0.1, 0.15) is 38.7 Å². The molecule has 0 radical (unpaired) electrons. The minimum Gasteiger partial charge on any atom is -0.377 e. The van der Waals surface area contributed by atoms with Crippen molar-refractivity contribution in [3.05, 3.63) is 34.9 Å². The molecule has 0 amide bonds. The maximum atomic E-state index is 13.6. The van der Waals surface area contributed by atoms with Crippen LogP contribution in [-0.4, -0.2) is 29.1 Å². The third-order valence-corrected chi connectivity index (χ3v) is 6.69. The van der Waals surface area contributed by atoms with Crippen LogP contribution in [0.5, 0.6) is 0 Å². The van der Waals surface area contributed by atoms with Crippen LogP contribution in [0.15, 0.2) is 6.07 Å². The first kappa shape index (κ1) is 21.1. The molecule has 0 saturated carbocycles. The maximum absolute atomic E-state index is 13.6. The summed E-state index contributed by atoms with van der Waals surface area (Å²) in [4.78, 5) is 0. The molecule has 0 saturated heterocycles. The van der Waals surface area contributed by atoms with Gasteiger partial charge in [-0.05, 0) is 44.7 Å². The average molecular weight is 368 g/mol. The lowest BCUT2D eigenvalue weighted by Crippen LogP contribution is -2.44. The van der Waals surface area contributed by atoms with E-state index < -0.39 is 32.1 Å². The number of unbranched alkanes of at least 4 members (excludes halogenated alkanes) is 2. The van der Waals surface area contributed by atoms with Gasteiger partial charge in [0, 0.05) is 26.4 Å². The molecular weight excluding hydrogens is 344 g/mol. The Hall–Kier alpha value is -0.963. The summed E-state index contributed by atoms with van der Waals surface area (Å²) in [6.45, 7) is 4.69. The fraction of sp³-hybridized carbons (Fsp3) is 0.625. The molecule has 138 valence electrons. The van der Waals surface area contributed by atoms with Gasteiger partial charge in [0.05, 0.1) is 0 Å². The monoisotopic (exact) mass is 368 g/mol. The number of rotatable bonds is 11. The smallest absolute Gasteiger partial charge is 0.377 e. The molecule has 0 aliphatic rings. The van der Waals surface area contributed by atoms with Gasteiger partial charge in [0.2, 0.25) is 0 Å². The Morgan fingerprint density at radius 3 is 2.04 bits per heavy atom. The molecule has 1 rings (SSSR count). The van der Waals surface area contributed by atoms with E-state index >= 15 is 0 Å². The van der Waals surface area contributed by atoms with Crippen LogP contribution in [0.4, 0.5) is 17.6 Å². The Bertz CT molecular complexity index is 523. The van der Waals surface area contributed by atoms with Crippen LogP contribution in [0.3, 0.4) is 0 Å². The molecule has 0 N–H and O–H groups in total. The van der Waals surface area contributed by atoms with Crippen LogP contribution in [-0.2, 0) is 19.7 Å². The molecule has 8 heteroatoms. The van der Waals surface area contributed by atoms with Crippen molar-refractivity contribution < 1.29 is 30.8 Å². The molecule has 0 aliphatic heterocycles. The van der Waals surface area contributed by atoms with Crippen molar-refractivity contribution in [2.45, 2.75) is 45.6 Å². The molecular formula is C16H24F4O3Si. The van der Waals surface area contributed by atoms with Crippen LogP contribution in [0.2, 0.25) is 6.04 Å². The Kier molecular flexibility index (Phi) is 8.89. The van der Waals surface area contributed by atoms with Gasteiger partial charge in [0.25, 0.3) is 0 Å². The van der Waals surface area contributed by atoms with E-state index in [4.69, 9.17) is 13.3 Å². The molecule has 0 spiro atoms.